The van der Waals surface area contributed by atoms with Crippen LogP contribution in [0.1, 0.15) is 12.8 Å². The van der Waals surface area contributed by atoms with Gasteiger partial charge in [0.25, 0.3) is 0 Å². The summed E-state index contributed by atoms with van der Waals surface area (Å²) in [7, 11) is 0. The molecule has 23 heavy (non-hydrogen) atoms. The van der Waals surface area contributed by atoms with Crippen molar-refractivity contribution in [2.45, 2.75) is 18.9 Å². The van der Waals surface area contributed by atoms with E-state index in [9.17, 15) is 4.79 Å². The molecule has 0 unspecified atom stereocenters. The number of urea groups is 1. The predicted molar refractivity (Wildman–Crippen MR) is 90.8 cm³/mol. The third-order valence-electron chi connectivity index (χ3n) is 3.65. The summed E-state index contributed by atoms with van der Waals surface area (Å²) in [5, 5.41) is 9.01. The first kappa shape index (κ1) is 15.3. The number of hydrogen-bond donors (Lipinski definition) is 3. The van der Waals surface area contributed by atoms with Gasteiger partial charge in [-0.2, -0.15) is 0 Å². The molecule has 0 aliphatic carbocycles. The number of amides is 2. The molecule has 1 aromatic heterocycles. The second kappa shape index (κ2) is 7.60. The van der Waals surface area contributed by atoms with Crippen molar-refractivity contribution in [2.24, 2.45) is 0 Å². The Morgan fingerprint density at radius 1 is 1.00 bits per heavy atom. The molecule has 3 rings (SSSR count). The molecule has 1 aromatic carbocycles. The van der Waals surface area contributed by atoms with Crippen LogP contribution in [0.25, 0.3) is 0 Å². The van der Waals surface area contributed by atoms with Gasteiger partial charge in [0.05, 0.1) is 11.9 Å². The van der Waals surface area contributed by atoms with E-state index in [0.717, 1.165) is 37.4 Å². The second-order valence-electron chi connectivity index (χ2n) is 5.43. The van der Waals surface area contributed by atoms with Crippen molar-refractivity contribution in [1.82, 2.24) is 4.98 Å². The highest BCUT2D eigenvalue weighted by Gasteiger charge is 2.13. The first-order valence-corrected chi connectivity index (χ1v) is 7.72. The first-order valence-electron chi connectivity index (χ1n) is 7.72. The van der Waals surface area contributed by atoms with Gasteiger partial charge in [0.2, 0.25) is 0 Å². The van der Waals surface area contributed by atoms with Crippen LogP contribution < -0.4 is 16.0 Å². The Kier molecular flexibility index (Phi) is 5.06. The van der Waals surface area contributed by atoms with Gasteiger partial charge in [-0.25, -0.2) is 4.79 Å². The van der Waals surface area contributed by atoms with Crippen LogP contribution in [0, 0.1) is 0 Å². The molecule has 6 nitrogen and oxygen atoms in total. The molecule has 1 aliphatic heterocycles. The topological polar surface area (TPSA) is 75.3 Å². The zero-order chi connectivity index (χ0) is 15.9. The summed E-state index contributed by atoms with van der Waals surface area (Å²) in [6.45, 7) is 1.62. The molecule has 0 saturated carbocycles. The molecule has 2 amide bonds. The average molecular weight is 312 g/mol. The number of aromatic nitrogens is 1. The number of carbonyl (C=O) groups excluding carboxylic acids is 1. The first-order chi connectivity index (χ1) is 11.3. The number of rotatable bonds is 4. The molecule has 1 saturated heterocycles. The number of benzene rings is 1. The summed E-state index contributed by atoms with van der Waals surface area (Å²) < 4.78 is 5.35. The summed E-state index contributed by atoms with van der Waals surface area (Å²) in [4.78, 5) is 15.9. The van der Waals surface area contributed by atoms with Crippen molar-refractivity contribution in [3.63, 3.8) is 0 Å². The number of hydrogen-bond acceptors (Lipinski definition) is 4. The fraction of sp³-hybridized carbons (Fsp3) is 0.294. The molecule has 2 heterocycles. The standard InChI is InChI=1S/C17H20N4O2/c22-17(21-16-2-1-9-18-12-16)20-14-5-3-13(4-6-14)19-15-7-10-23-11-8-15/h1-6,9,12,15,19H,7-8,10-11H2,(H2,20,21,22). The normalized spacial score (nSPS) is 15.0. The van der Waals surface area contributed by atoms with Crippen molar-refractivity contribution in [1.29, 1.82) is 0 Å². The van der Waals surface area contributed by atoms with Gasteiger partial charge in [-0.1, -0.05) is 0 Å². The molecule has 0 radical (unpaired) electrons. The van der Waals surface area contributed by atoms with Gasteiger partial charge in [-0.15, -0.1) is 0 Å². The van der Waals surface area contributed by atoms with Gasteiger partial charge in [0.15, 0.2) is 0 Å². The van der Waals surface area contributed by atoms with E-state index >= 15 is 0 Å². The van der Waals surface area contributed by atoms with E-state index in [1.54, 1.807) is 24.5 Å². The molecule has 1 fully saturated rings. The van der Waals surface area contributed by atoms with Crippen LogP contribution in [0.2, 0.25) is 0 Å². The van der Waals surface area contributed by atoms with E-state index in [0.29, 0.717) is 11.7 Å². The van der Waals surface area contributed by atoms with E-state index in [4.69, 9.17) is 4.74 Å². The van der Waals surface area contributed by atoms with Gasteiger partial charge in [-0.05, 0) is 49.2 Å². The molecule has 1 aliphatic rings. The van der Waals surface area contributed by atoms with Crippen LogP contribution >= 0.6 is 0 Å². The average Bonchev–Trinajstić information content (AvgIpc) is 2.58. The van der Waals surface area contributed by atoms with E-state index in [1.807, 2.05) is 24.3 Å². The van der Waals surface area contributed by atoms with Crippen molar-refractivity contribution in [3.8, 4) is 0 Å². The third kappa shape index (κ3) is 4.69. The van der Waals surface area contributed by atoms with Crippen molar-refractivity contribution in [3.05, 3.63) is 48.8 Å². The minimum atomic E-state index is -0.289. The van der Waals surface area contributed by atoms with Gasteiger partial charge >= 0.3 is 6.03 Å². The molecule has 3 N–H and O–H groups in total. The maximum absolute atomic E-state index is 11.9. The fourth-order valence-electron chi connectivity index (χ4n) is 2.46. The van der Waals surface area contributed by atoms with Crippen LogP contribution in [0.15, 0.2) is 48.8 Å². The third-order valence-corrected chi connectivity index (χ3v) is 3.65. The van der Waals surface area contributed by atoms with E-state index in [1.165, 1.54) is 0 Å². The van der Waals surface area contributed by atoms with Crippen LogP contribution in [0.5, 0.6) is 0 Å². The summed E-state index contributed by atoms with van der Waals surface area (Å²) in [5.41, 5.74) is 2.45. The minimum Gasteiger partial charge on any atom is -0.382 e. The highest BCUT2D eigenvalue weighted by molar-refractivity contribution is 5.99. The number of pyridine rings is 1. The van der Waals surface area contributed by atoms with E-state index in [2.05, 4.69) is 20.9 Å². The van der Waals surface area contributed by atoms with Gasteiger partial charge < -0.3 is 20.7 Å². The summed E-state index contributed by atoms with van der Waals surface area (Å²) in [6.07, 6.45) is 5.30. The second-order valence-corrected chi connectivity index (χ2v) is 5.43. The largest absolute Gasteiger partial charge is 0.382 e. The van der Waals surface area contributed by atoms with Crippen molar-refractivity contribution < 1.29 is 9.53 Å². The lowest BCUT2D eigenvalue weighted by Crippen LogP contribution is -2.27. The molecular weight excluding hydrogens is 292 g/mol. The number of nitrogens with zero attached hydrogens (tertiary/aromatic N) is 1. The summed E-state index contributed by atoms with van der Waals surface area (Å²) >= 11 is 0. The Bertz CT molecular complexity index is 625. The highest BCUT2D eigenvalue weighted by Crippen LogP contribution is 2.18. The van der Waals surface area contributed by atoms with Crippen molar-refractivity contribution >= 4 is 23.1 Å². The highest BCUT2D eigenvalue weighted by atomic mass is 16.5. The monoisotopic (exact) mass is 312 g/mol. The maximum atomic E-state index is 11.9. The van der Waals surface area contributed by atoms with Gasteiger partial charge in [-0.3, -0.25) is 4.98 Å². The van der Waals surface area contributed by atoms with Crippen LogP contribution in [-0.4, -0.2) is 30.3 Å². The number of anilines is 3. The molecule has 6 heteroatoms. The molecule has 0 atom stereocenters. The molecule has 0 spiro atoms. The zero-order valence-electron chi connectivity index (χ0n) is 12.8. The van der Waals surface area contributed by atoms with E-state index < -0.39 is 0 Å². The van der Waals surface area contributed by atoms with Crippen LogP contribution in [0.4, 0.5) is 21.9 Å². The Labute approximate surface area is 135 Å². The van der Waals surface area contributed by atoms with Crippen molar-refractivity contribution in [2.75, 3.05) is 29.2 Å². The summed E-state index contributed by atoms with van der Waals surface area (Å²) in [6, 6.07) is 11.4. The Balaban J connectivity index is 1.51. The lowest BCUT2D eigenvalue weighted by atomic mass is 10.1. The molecular formula is C17H20N4O2. The Morgan fingerprint density at radius 2 is 1.70 bits per heavy atom. The minimum absolute atomic E-state index is 0.289. The molecule has 2 aromatic rings. The Hall–Kier alpha value is -2.60. The predicted octanol–water partition coefficient (Wildman–Crippen LogP) is 3.32. The maximum Gasteiger partial charge on any atom is 0.323 e. The quantitative estimate of drug-likeness (QED) is 0.809. The molecule has 0 bridgehead atoms. The molecule has 120 valence electrons. The van der Waals surface area contributed by atoms with Gasteiger partial charge in [0.1, 0.15) is 0 Å². The zero-order valence-corrected chi connectivity index (χ0v) is 12.8. The fourth-order valence-corrected chi connectivity index (χ4v) is 2.46. The SMILES string of the molecule is O=C(Nc1ccc(NC2CCOCC2)cc1)Nc1cccnc1. The Morgan fingerprint density at radius 3 is 2.39 bits per heavy atom. The van der Waals surface area contributed by atoms with Crippen LogP contribution in [-0.2, 0) is 4.74 Å². The van der Waals surface area contributed by atoms with E-state index in [-0.39, 0.29) is 6.03 Å². The van der Waals surface area contributed by atoms with Crippen LogP contribution in [0.3, 0.4) is 0 Å². The number of ether oxygens (including phenoxy) is 1. The number of nitrogens with one attached hydrogen (secondary N) is 3. The lowest BCUT2D eigenvalue weighted by Gasteiger charge is -2.24. The summed E-state index contributed by atoms with van der Waals surface area (Å²) in [5.74, 6) is 0. The number of carbonyl (C=O) groups is 1. The van der Waals surface area contributed by atoms with Gasteiger partial charge in [0, 0.05) is 36.8 Å². The lowest BCUT2D eigenvalue weighted by molar-refractivity contribution is 0.0904. The smallest absolute Gasteiger partial charge is 0.323 e.